The molecule has 0 fully saturated rings. The minimum Gasteiger partial charge on any atom is -0.598 e. The maximum Gasteiger partial charge on any atom is 0.136 e. The molecule has 2 rings (SSSR count). The highest BCUT2D eigenvalue weighted by atomic mass is 32.2. The summed E-state index contributed by atoms with van der Waals surface area (Å²) in [4.78, 5) is 0. The van der Waals surface area contributed by atoms with E-state index < -0.39 is 11.4 Å². The van der Waals surface area contributed by atoms with E-state index in [0.29, 0.717) is 0 Å². The van der Waals surface area contributed by atoms with E-state index in [1.165, 1.54) is 5.56 Å². The van der Waals surface area contributed by atoms with Crippen molar-refractivity contribution in [2.75, 3.05) is 0 Å². The van der Waals surface area contributed by atoms with Crippen LogP contribution in [0, 0.1) is 0 Å². The van der Waals surface area contributed by atoms with E-state index >= 15 is 0 Å². The molecule has 1 aromatic carbocycles. The van der Waals surface area contributed by atoms with Crippen molar-refractivity contribution >= 4 is 22.3 Å². The topological polar surface area (TPSA) is 48.2 Å². The van der Waals surface area contributed by atoms with Gasteiger partial charge in [0.25, 0.3) is 0 Å². The van der Waals surface area contributed by atoms with Gasteiger partial charge in [-0.25, -0.2) is 0 Å². The lowest BCUT2D eigenvalue weighted by atomic mass is 10.0. The fourth-order valence-corrected chi connectivity index (χ4v) is 2.91. The molecule has 0 aliphatic carbocycles. The number of rotatable bonds is 5. The van der Waals surface area contributed by atoms with Gasteiger partial charge in [0, 0.05) is 16.7 Å². The Labute approximate surface area is 124 Å². The Bertz CT molecular complexity index is 559. The van der Waals surface area contributed by atoms with Crippen LogP contribution in [0.1, 0.15) is 39.7 Å². The lowest BCUT2D eigenvalue weighted by molar-refractivity contribution is 0.509. The molecule has 4 heteroatoms. The molecule has 2 atom stereocenters. The average Bonchev–Trinajstić information content (AvgIpc) is 2.84. The molecule has 110 valence electrons. The second-order valence-electron chi connectivity index (χ2n) is 6.10. The van der Waals surface area contributed by atoms with Crippen LogP contribution in [0.2, 0.25) is 0 Å². The summed E-state index contributed by atoms with van der Waals surface area (Å²) in [7, 11) is 0. The van der Waals surface area contributed by atoms with Crippen LogP contribution >= 0.6 is 0 Å². The third kappa shape index (κ3) is 3.78. The Kier molecular flexibility index (Phi) is 4.78. The van der Waals surface area contributed by atoms with E-state index in [4.69, 9.17) is 4.42 Å². The molecular weight excluding hydrogens is 270 g/mol. The molecule has 20 heavy (non-hydrogen) atoms. The Balaban J connectivity index is 2.05. The van der Waals surface area contributed by atoms with Crippen molar-refractivity contribution in [2.45, 2.75) is 51.3 Å². The predicted molar refractivity (Wildman–Crippen MR) is 85.0 cm³/mol. The standard InChI is InChI=1S/C16H23NO2S/c1-5-14(17-20(18)16(2,3)4)10-12-6-7-13-8-9-19-15(13)11-12/h6-9,11,14,17H,5,10H2,1-4H3. The first-order valence-electron chi connectivity index (χ1n) is 7.04. The number of hydrogen-bond donors (Lipinski definition) is 1. The van der Waals surface area contributed by atoms with Crippen LogP contribution in [0.4, 0.5) is 0 Å². The molecule has 1 heterocycles. The summed E-state index contributed by atoms with van der Waals surface area (Å²) in [6.45, 7) is 8.07. The van der Waals surface area contributed by atoms with E-state index in [-0.39, 0.29) is 10.8 Å². The second-order valence-corrected chi connectivity index (χ2v) is 8.10. The molecule has 0 aliphatic heterocycles. The van der Waals surface area contributed by atoms with Crippen LogP contribution in [0.25, 0.3) is 11.0 Å². The minimum absolute atomic E-state index is 0.211. The summed E-state index contributed by atoms with van der Waals surface area (Å²) in [6, 6.07) is 8.43. The maximum absolute atomic E-state index is 12.2. The largest absolute Gasteiger partial charge is 0.598 e. The highest BCUT2D eigenvalue weighted by Gasteiger charge is 2.28. The summed E-state index contributed by atoms with van der Waals surface area (Å²) < 4.78 is 20.6. The zero-order valence-corrected chi connectivity index (χ0v) is 13.4. The summed E-state index contributed by atoms with van der Waals surface area (Å²) >= 11 is -1.03. The number of furan rings is 1. The van der Waals surface area contributed by atoms with Gasteiger partial charge in [-0.3, -0.25) is 0 Å². The maximum atomic E-state index is 12.2. The molecule has 2 unspecified atom stereocenters. The fraction of sp³-hybridized carbons (Fsp3) is 0.500. The van der Waals surface area contributed by atoms with Gasteiger partial charge in [0.05, 0.1) is 12.3 Å². The molecule has 0 radical (unpaired) electrons. The number of nitrogens with one attached hydrogen (secondary N) is 1. The predicted octanol–water partition coefficient (Wildman–Crippen LogP) is 3.81. The number of benzene rings is 1. The first kappa shape index (κ1) is 15.4. The highest BCUT2D eigenvalue weighted by molar-refractivity contribution is 7.90. The van der Waals surface area contributed by atoms with Gasteiger partial charge in [0.1, 0.15) is 10.3 Å². The van der Waals surface area contributed by atoms with Crippen molar-refractivity contribution in [3.8, 4) is 0 Å². The van der Waals surface area contributed by atoms with Crippen molar-refractivity contribution in [2.24, 2.45) is 0 Å². The van der Waals surface area contributed by atoms with Gasteiger partial charge in [-0.2, -0.15) is 0 Å². The molecule has 0 saturated heterocycles. The van der Waals surface area contributed by atoms with Gasteiger partial charge in [-0.1, -0.05) is 19.1 Å². The smallest absolute Gasteiger partial charge is 0.136 e. The number of hydrogen-bond acceptors (Lipinski definition) is 3. The van der Waals surface area contributed by atoms with Crippen molar-refractivity contribution in [1.82, 2.24) is 4.72 Å². The van der Waals surface area contributed by atoms with Crippen molar-refractivity contribution in [3.63, 3.8) is 0 Å². The van der Waals surface area contributed by atoms with E-state index in [1.807, 2.05) is 26.8 Å². The van der Waals surface area contributed by atoms with E-state index in [2.05, 4.69) is 29.8 Å². The van der Waals surface area contributed by atoms with Gasteiger partial charge in [-0.15, -0.1) is 4.72 Å². The zero-order chi connectivity index (χ0) is 14.8. The molecular formula is C16H23NO2S. The molecule has 3 nitrogen and oxygen atoms in total. The molecule has 0 bridgehead atoms. The quantitative estimate of drug-likeness (QED) is 0.853. The second kappa shape index (κ2) is 6.20. The summed E-state index contributed by atoms with van der Waals surface area (Å²) in [5.74, 6) is 0. The summed E-state index contributed by atoms with van der Waals surface area (Å²) in [5, 5.41) is 1.12. The highest BCUT2D eigenvalue weighted by Crippen LogP contribution is 2.20. The van der Waals surface area contributed by atoms with Crippen LogP contribution in [0.3, 0.4) is 0 Å². The monoisotopic (exact) mass is 293 g/mol. The first-order chi connectivity index (χ1) is 9.40. The average molecular weight is 293 g/mol. The zero-order valence-electron chi connectivity index (χ0n) is 12.6. The summed E-state index contributed by atoms with van der Waals surface area (Å²) in [5.41, 5.74) is 2.12. The molecule has 2 aromatic rings. The van der Waals surface area contributed by atoms with Crippen LogP contribution in [0.15, 0.2) is 34.9 Å². The van der Waals surface area contributed by atoms with E-state index in [9.17, 15) is 4.55 Å². The minimum atomic E-state index is -1.03. The summed E-state index contributed by atoms with van der Waals surface area (Å²) in [6.07, 6.45) is 3.51. The molecule has 0 aliphatic rings. The molecule has 0 amide bonds. The van der Waals surface area contributed by atoms with Crippen LogP contribution in [0.5, 0.6) is 0 Å². The fourth-order valence-electron chi connectivity index (χ4n) is 2.01. The van der Waals surface area contributed by atoms with E-state index in [0.717, 1.165) is 23.8 Å². The van der Waals surface area contributed by atoms with E-state index in [1.54, 1.807) is 6.26 Å². The van der Waals surface area contributed by atoms with Crippen molar-refractivity contribution < 1.29 is 8.97 Å². The molecule has 1 aromatic heterocycles. The normalized spacial score (nSPS) is 15.4. The molecule has 0 spiro atoms. The van der Waals surface area contributed by atoms with Gasteiger partial charge in [0.15, 0.2) is 0 Å². The SMILES string of the molecule is CCC(Cc1ccc2ccoc2c1)N[S+]([O-])C(C)(C)C. The van der Waals surface area contributed by atoms with Crippen molar-refractivity contribution in [1.29, 1.82) is 0 Å². The van der Waals surface area contributed by atoms with Gasteiger partial charge in [0.2, 0.25) is 0 Å². The Hall–Kier alpha value is -0.970. The molecule has 0 saturated carbocycles. The number of fused-ring (bicyclic) bond motifs is 1. The first-order valence-corrected chi connectivity index (χ1v) is 8.19. The molecule has 1 N–H and O–H groups in total. The Morgan fingerprint density at radius 3 is 2.70 bits per heavy atom. The van der Waals surface area contributed by atoms with Gasteiger partial charge >= 0.3 is 0 Å². The lowest BCUT2D eigenvalue weighted by Crippen LogP contribution is -2.45. The van der Waals surface area contributed by atoms with Crippen LogP contribution in [-0.2, 0) is 17.8 Å². The lowest BCUT2D eigenvalue weighted by Gasteiger charge is -2.27. The van der Waals surface area contributed by atoms with Crippen LogP contribution in [-0.4, -0.2) is 15.3 Å². The Morgan fingerprint density at radius 1 is 1.30 bits per heavy atom. The Morgan fingerprint density at radius 2 is 2.05 bits per heavy atom. The third-order valence-electron chi connectivity index (χ3n) is 3.33. The third-order valence-corrected chi connectivity index (χ3v) is 4.99. The van der Waals surface area contributed by atoms with Crippen LogP contribution < -0.4 is 4.72 Å². The van der Waals surface area contributed by atoms with Gasteiger partial charge < -0.3 is 8.97 Å². The van der Waals surface area contributed by atoms with Crippen molar-refractivity contribution in [3.05, 3.63) is 36.1 Å². The van der Waals surface area contributed by atoms with Gasteiger partial charge in [-0.05, 0) is 51.3 Å².